The minimum Gasteiger partial charge on any atom is -0.477 e. The van der Waals surface area contributed by atoms with E-state index in [9.17, 15) is 0 Å². The van der Waals surface area contributed by atoms with Gasteiger partial charge in [0, 0.05) is 67.7 Å². The first-order valence-corrected chi connectivity index (χ1v) is 14.1. The SMILES string of the molecule is C[C@H]1CCOc2c(cnn2C)-c2nccc(n2)Nc2cc3c(cn2)c(-c2cccc(N4CC[C@H](N(C)C)C4)c2)nn31. The van der Waals surface area contributed by atoms with Gasteiger partial charge in [-0.2, -0.15) is 10.2 Å². The third-order valence-electron chi connectivity index (χ3n) is 8.20. The van der Waals surface area contributed by atoms with Gasteiger partial charge in [-0.25, -0.2) is 19.6 Å². The van der Waals surface area contributed by atoms with E-state index in [2.05, 4.69) is 81.2 Å². The van der Waals surface area contributed by atoms with Gasteiger partial charge in [-0.15, -0.1) is 0 Å². The highest BCUT2D eigenvalue weighted by Gasteiger charge is 2.25. The van der Waals surface area contributed by atoms with Crippen molar-refractivity contribution in [3.8, 4) is 28.5 Å². The molecule has 11 nitrogen and oxygen atoms in total. The zero-order valence-electron chi connectivity index (χ0n) is 23.8. The molecule has 4 bridgehead atoms. The summed E-state index contributed by atoms with van der Waals surface area (Å²) >= 11 is 0. The molecule has 0 radical (unpaired) electrons. The van der Waals surface area contributed by atoms with Crippen molar-refractivity contribution in [3.05, 3.63) is 55.0 Å². The molecule has 6 heterocycles. The van der Waals surface area contributed by atoms with Crippen LogP contribution < -0.4 is 15.0 Å². The number of hydrogen-bond donors (Lipinski definition) is 1. The second-order valence-electron chi connectivity index (χ2n) is 11.1. The molecule has 4 aromatic heterocycles. The molecule has 5 aromatic rings. The van der Waals surface area contributed by atoms with Gasteiger partial charge in [-0.3, -0.25) is 4.68 Å². The van der Waals surface area contributed by atoms with Gasteiger partial charge in [0.05, 0.1) is 24.4 Å². The number of pyridine rings is 1. The number of hydrogen-bond acceptors (Lipinski definition) is 9. The third kappa shape index (κ3) is 4.65. The Morgan fingerprint density at radius 2 is 1.95 bits per heavy atom. The lowest BCUT2D eigenvalue weighted by molar-refractivity contribution is 0.260. The number of nitrogens with zero attached hydrogens (tertiary/aromatic N) is 9. The number of aromatic nitrogens is 7. The van der Waals surface area contributed by atoms with E-state index in [4.69, 9.17) is 19.8 Å². The van der Waals surface area contributed by atoms with Crippen molar-refractivity contribution in [2.45, 2.75) is 31.8 Å². The Labute approximate surface area is 238 Å². The second-order valence-corrected chi connectivity index (χ2v) is 11.1. The Bertz CT molecular complexity index is 1720. The Kier molecular flexibility index (Phi) is 6.30. The zero-order chi connectivity index (χ0) is 28.1. The van der Waals surface area contributed by atoms with Crippen LogP contribution in [0, 0.1) is 0 Å². The van der Waals surface area contributed by atoms with E-state index in [1.54, 1.807) is 17.1 Å². The minimum absolute atomic E-state index is 0.0813. The first-order valence-electron chi connectivity index (χ1n) is 14.1. The lowest BCUT2D eigenvalue weighted by Crippen LogP contribution is -2.31. The van der Waals surface area contributed by atoms with Gasteiger partial charge in [-0.05, 0) is 45.6 Å². The number of benzene rings is 1. The van der Waals surface area contributed by atoms with Crippen LogP contribution in [0.4, 0.5) is 17.3 Å². The Hall–Kier alpha value is -4.51. The predicted molar refractivity (Wildman–Crippen MR) is 160 cm³/mol. The minimum atomic E-state index is 0.0813. The van der Waals surface area contributed by atoms with Crippen LogP contribution in [-0.2, 0) is 7.05 Å². The highest BCUT2D eigenvalue weighted by Crippen LogP contribution is 2.35. The largest absolute Gasteiger partial charge is 0.477 e. The van der Waals surface area contributed by atoms with Crippen molar-refractivity contribution in [1.29, 1.82) is 0 Å². The van der Waals surface area contributed by atoms with Gasteiger partial charge in [-0.1, -0.05) is 12.1 Å². The molecule has 0 spiro atoms. The summed E-state index contributed by atoms with van der Waals surface area (Å²) in [6.45, 7) is 4.76. The van der Waals surface area contributed by atoms with E-state index in [1.165, 1.54) is 12.1 Å². The normalized spacial score (nSPS) is 18.8. The summed E-state index contributed by atoms with van der Waals surface area (Å²) in [5, 5.41) is 13.9. The fraction of sp³-hybridized carbons (Fsp3) is 0.367. The van der Waals surface area contributed by atoms with E-state index < -0.39 is 0 Å². The molecule has 7 rings (SSSR count). The van der Waals surface area contributed by atoms with Gasteiger partial charge >= 0.3 is 0 Å². The van der Waals surface area contributed by atoms with Crippen LogP contribution in [0.1, 0.15) is 25.8 Å². The van der Waals surface area contributed by atoms with Gasteiger partial charge in [0.15, 0.2) is 5.82 Å². The average molecular weight is 551 g/mol. The molecule has 1 aromatic carbocycles. The topological polar surface area (TPSA) is 102 Å². The van der Waals surface area contributed by atoms with Crippen molar-refractivity contribution >= 4 is 28.2 Å². The van der Waals surface area contributed by atoms with E-state index in [1.807, 2.05) is 19.3 Å². The summed E-state index contributed by atoms with van der Waals surface area (Å²) in [6, 6.07) is 13.3. The van der Waals surface area contributed by atoms with Crippen molar-refractivity contribution in [2.24, 2.45) is 7.05 Å². The molecular weight excluding hydrogens is 516 g/mol. The maximum Gasteiger partial charge on any atom is 0.222 e. The fourth-order valence-electron chi connectivity index (χ4n) is 5.79. The molecule has 2 aliphatic rings. The summed E-state index contributed by atoms with van der Waals surface area (Å²) in [5.41, 5.74) is 5.01. The van der Waals surface area contributed by atoms with Crippen LogP contribution in [-0.4, -0.2) is 79.2 Å². The highest BCUT2D eigenvalue weighted by atomic mass is 16.5. The number of anilines is 3. The monoisotopic (exact) mass is 550 g/mol. The molecule has 1 N–H and O–H groups in total. The van der Waals surface area contributed by atoms with Crippen LogP contribution in [0.25, 0.3) is 33.5 Å². The molecule has 0 saturated carbocycles. The fourth-order valence-corrected chi connectivity index (χ4v) is 5.79. The quantitative estimate of drug-likeness (QED) is 0.347. The molecule has 2 atom stereocenters. The van der Waals surface area contributed by atoms with Crippen LogP contribution in [0.5, 0.6) is 5.88 Å². The number of fused-ring (bicyclic) bond motifs is 5. The molecule has 0 amide bonds. The molecule has 11 heteroatoms. The van der Waals surface area contributed by atoms with Gasteiger partial charge in [0.25, 0.3) is 0 Å². The molecular formula is C30H34N10O. The Morgan fingerprint density at radius 3 is 2.80 bits per heavy atom. The maximum absolute atomic E-state index is 6.25. The van der Waals surface area contributed by atoms with Crippen LogP contribution in [0.15, 0.2) is 55.0 Å². The van der Waals surface area contributed by atoms with E-state index in [0.717, 1.165) is 47.2 Å². The van der Waals surface area contributed by atoms with Gasteiger partial charge in [0.1, 0.15) is 22.9 Å². The summed E-state index contributed by atoms with van der Waals surface area (Å²) < 4.78 is 10.1. The van der Waals surface area contributed by atoms with Crippen molar-refractivity contribution in [1.82, 2.24) is 39.4 Å². The average Bonchev–Trinajstić information content (AvgIpc) is 3.70. The molecule has 41 heavy (non-hydrogen) atoms. The summed E-state index contributed by atoms with van der Waals surface area (Å²) in [4.78, 5) is 18.8. The first kappa shape index (κ1) is 25.5. The molecule has 1 saturated heterocycles. The maximum atomic E-state index is 6.25. The predicted octanol–water partition coefficient (Wildman–Crippen LogP) is 4.52. The van der Waals surface area contributed by atoms with Crippen LogP contribution in [0.3, 0.4) is 0 Å². The molecule has 2 aliphatic heterocycles. The second kappa shape index (κ2) is 10.2. The van der Waals surface area contributed by atoms with Crippen molar-refractivity contribution in [3.63, 3.8) is 0 Å². The van der Waals surface area contributed by atoms with Gasteiger partial charge < -0.3 is 19.9 Å². The summed E-state index contributed by atoms with van der Waals surface area (Å²) in [7, 11) is 6.19. The van der Waals surface area contributed by atoms with E-state index in [-0.39, 0.29) is 6.04 Å². The number of likely N-dealkylation sites (N-methyl/N-ethyl adjacent to an activating group) is 1. The number of rotatable bonds is 3. The van der Waals surface area contributed by atoms with Crippen LogP contribution >= 0.6 is 0 Å². The Balaban J connectivity index is 1.29. The molecule has 1 fully saturated rings. The van der Waals surface area contributed by atoms with Gasteiger partial charge in [0.2, 0.25) is 5.88 Å². The summed E-state index contributed by atoms with van der Waals surface area (Å²) in [6.07, 6.45) is 7.31. The first-order chi connectivity index (χ1) is 19.9. The van der Waals surface area contributed by atoms with E-state index >= 15 is 0 Å². The van der Waals surface area contributed by atoms with Crippen molar-refractivity contribution < 1.29 is 4.74 Å². The lowest BCUT2D eigenvalue weighted by Gasteiger charge is -2.22. The third-order valence-corrected chi connectivity index (χ3v) is 8.20. The highest BCUT2D eigenvalue weighted by molar-refractivity contribution is 5.94. The standard InChI is InChI=1S/C30H34N10O/c1-19-10-13-41-30-24(17-33-38(30)4)29-31-11-8-26(35-29)34-27-15-25-23(16-32-27)28(36-40(19)25)20-6-5-7-21(14-20)39-12-9-22(18-39)37(2)3/h5-8,11,14-17,19,22H,9-10,12-13,18H2,1-4H3,(H,31,32,34,35)/t19-,22-/m0/s1. The number of aryl methyl sites for hydroxylation is 1. The Morgan fingerprint density at radius 1 is 1.05 bits per heavy atom. The van der Waals surface area contributed by atoms with Crippen LogP contribution in [0.2, 0.25) is 0 Å². The summed E-state index contributed by atoms with van der Waals surface area (Å²) in [5.74, 6) is 2.53. The van der Waals surface area contributed by atoms with Crippen molar-refractivity contribution in [2.75, 3.05) is 44.0 Å². The smallest absolute Gasteiger partial charge is 0.222 e. The van der Waals surface area contributed by atoms with E-state index in [0.29, 0.717) is 36.0 Å². The molecule has 0 aliphatic carbocycles. The zero-order valence-corrected chi connectivity index (χ0v) is 23.8. The lowest BCUT2D eigenvalue weighted by atomic mass is 10.1. The molecule has 0 unspecified atom stereocenters. The molecule has 210 valence electrons. The number of nitrogens with one attached hydrogen (secondary N) is 1. The number of ether oxygens (including phenoxy) is 1.